The van der Waals surface area contributed by atoms with E-state index in [1.54, 1.807) is 0 Å². The second kappa shape index (κ2) is 31.9. The summed E-state index contributed by atoms with van der Waals surface area (Å²) in [6.45, 7) is 4.62. The normalized spacial score (nSPS) is 14.9. The fourth-order valence-electron chi connectivity index (χ4n) is 5.44. The molecule has 0 aliphatic carbocycles. The molecule has 0 rings (SSSR count). The lowest BCUT2D eigenvalue weighted by atomic mass is 10.0. The molecule has 284 valence electrons. The number of allylic oxidation sites excluding steroid dienone is 4. The van der Waals surface area contributed by atoms with E-state index < -0.39 is 20.0 Å². The van der Waals surface area contributed by atoms with E-state index >= 15 is 0 Å². The highest BCUT2D eigenvalue weighted by Crippen LogP contribution is 2.38. The molecule has 3 atom stereocenters. The Balaban J connectivity index is 4.39. The van der Waals surface area contributed by atoms with Gasteiger partial charge in [-0.25, -0.2) is 0 Å². The van der Waals surface area contributed by atoms with Gasteiger partial charge in [-0.3, -0.25) is 9.36 Å². The molecule has 0 aliphatic rings. The number of phosphoric acid groups is 1. The van der Waals surface area contributed by atoms with Gasteiger partial charge in [0.05, 0.1) is 39.9 Å². The fraction of sp³-hybridized carbons (Fsp3) is 0.872. The van der Waals surface area contributed by atoms with Gasteiger partial charge in [0.2, 0.25) is 5.91 Å². The lowest BCUT2D eigenvalue weighted by molar-refractivity contribution is -0.870. The summed E-state index contributed by atoms with van der Waals surface area (Å²) in [4.78, 5) is 25.1. The smallest absolute Gasteiger partial charge is 0.268 e. The molecule has 0 radical (unpaired) electrons. The van der Waals surface area contributed by atoms with Crippen LogP contribution in [0.15, 0.2) is 24.3 Å². The topological polar surface area (TPSA) is 108 Å². The zero-order valence-corrected chi connectivity index (χ0v) is 32.8. The van der Waals surface area contributed by atoms with Gasteiger partial charge in [-0.05, 0) is 64.2 Å². The van der Waals surface area contributed by atoms with Crippen molar-refractivity contribution < 1.29 is 32.9 Å². The summed E-state index contributed by atoms with van der Waals surface area (Å²) in [5, 5.41) is 13.8. The Bertz CT molecular complexity index is 845. The quantitative estimate of drug-likeness (QED) is 0.0295. The maximum atomic E-state index is 12.8. The average Bonchev–Trinajstić information content (AvgIpc) is 3.02. The first-order chi connectivity index (χ1) is 23.0. The first kappa shape index (κ1) is 47.0. The molecule has 0 saturated carbocycles. The molecular weight excluding hydrogens is 623 g/mol. The lowest BCUT2D eigenvalue weighted by Gasteiger charge is -2.30. The summed E-state index contributed by atoms with van der Waals surface area (Å²) in [7, 11) is 1.28. The van der Waals surface area contributed by atoms with Crippen molar-refractivity contribution >= 4 is 13.7 Å². The zero-order valence-electron chi connectivity index (χ0n) is 31.9. The highest BCUT2D eigenvalue weighted by Gasteiger charge is 2.24. The number of aliphatic hydroxyl groups excluding tert-OH is 1. The van der Waals surface area contributed by atoms with E-state index in [0.717, 1.165) is 44.9 Å². The zero-order chi connectivity index (χ0) is 35.8. The van der Waals surface area contributed by atoms with Crippen LogP contribution in [0.5, 0.6) is 0 Å². The van der Waals surface area contributed by atoms with Crippen LogP contribution in [-0.2, 0) is 18.4 Å². The van der Waals surface area contributed by atoms with Crippen molar-refractivity contribution in [2.24, 2.45) is 0 Å². The van der Waals surface area contributed by atoms with Crippen LogP contribution in [0.2, 0.25) is 0 Å². The number of unbranched alkanes of at least 4 members (excludes halogenated alkanes) is 18. The summed E-state index contributed by atoms with van der Waals surface area (Å²) in [5.41, 5.74) is 0. The van der Waals surface area contributed by atoms with Gasteiger partial charge in [0.25, 0.3) is 7.82 Å². The predicted octanol–water partition coefficient (Wildman–Crippen LogP) is 9.55. The summed E-state index contributed by atoms with van der Waals surface area (Å²) in [6, 6.07) is -0.814. The van der Waals surface area contributed by atoms with Crippen molar-refractivity contribution in [3.63, 3.8) is 0 Å². The number of quaternary nitrogens is 1. The third-order valence-corrected chi connectivity index (χ3v) is 9.63. The van der Waals surface area contributed by atoms with Gasteiger partial charge in [-0.2, -0.15) is 0 Å². The second-order valence-electron chi connectivity index (χ2n) is 14.6. The maximum absolute atomic E-state index is 12.8. The van der Waals surface area contributed by atoms with Crippen LogP contribution in [0.25, 0.3) is 0 Å². The van der Waals surface area contributed by atoms with Crippen LogP contribution in [-0.4, -0.2) is 68.5 Å². The molecule has 0 aromatic heterocycles. The molecule has 0 aromatic carbocycles. The molecule has 48 heavy (non-hydrogen) atoms. The van der Waals surface area contributed by atoms with Crippen molar-refractivity contribution in [3.05, 3.63) is 24.3 Å². The van der Waals surface area contributed by atoms with Crippen molar-refractivity contribution in [3.8, 4) is 0 Å². The highest BCUT2D eigenvalue weighted by molar-refractivity contribution is 7.45. The van der Waals surface area contributed by atoms with Crippen LogP contribution in [0, 0.1) is 0 Å². The molecule has 0 aliphatic heterocycles. The van der Waals surface area contributed by atoms with E-state index in [9.17, 15) is 19.4 Å². The minimum Gasteiger partial charge on any atom is -0.756 e. The van der Waals surface area contributed by atoms with Crippen LogP contribution < -0.4 is 10.2 Å². The summed E-state index contributed by atoms with van der Waals surface area (Å²) >= 11 is 0. The molecule has 0 aromatic rings. The van der Waals surface area contributed by atoms with Gasteiger partial charge in [-0.15, -0.1) is 0 Å². The number of nitrogens with zero attached hydrogens (tertiary/aromatic N) is 1. The number of hydrogen-bond donors (Lipinski definition) is 2. The molecule has 0 spiro atoms. The van der Waals surface area contributed by atoms with E-state index in [1.807, 2.05) is 21.1 Å². The third-order valence-electron chi connectivity index (χ3n) is 8.66. The Morgan fingerprint density at radius 2 is 1.15 bits per heavy atom. The number of rotatable bonds is 35. The number of carbonyl (C=O) groups is 1. The van der Waals surface area contributed by atoms with Gasteiger partial charge in [0.15, 0.2) is 0 Å². The maximum Gasteiger partial charge on any atom is 0.268 e. The van der Waals surface area contributed by atoms with Crippen LogP contribution >= 0.6 is 7.82 Å². The SMILES string of the molecule is CCCCC/C=C/CCCC[C@@H](O)[C@H](COP(=O)([O-])OCC[N+](C)(C)C)NC(=O)CCCCCCCCC/C=C/CCCCCCCC. The number of phosphoric ester groups is 1. The van der Waals surface area contributed by atoms with E-state index in [0.29, 0.717) is 23.9 Å². The molecule has 1 amide bonds. The first-order valence-corrected chi connectivity index (χ1v) is 21.1. The number of carbonyl (C=O) groups excluding carboxylic acids is 1. The fourth-order valence-corrected chi connectivity index (χ4v) is 6.16. The predicted molar refractivity (Wildman–Crippen MR) is 201 cm³/mol. The Morgan fingerprint density at radius 1 is 0.708 bits per heavy atom. The van der Waals surface area contributed by atoms with Gasteiger partial charge >= 0.3 is 0 Å². The van der Waals surface area contributed by atoms with E-state index in [4.69, 9.17) is 9.05 Å². The third kappa shape index (κ3) is 33.5. The average molecular weight is 701 g/mol. The summed E-state index contributed by atoms with van der Waals surface area (Å²) in [5.74, 6) is -0.183. The number of nitrogens with one attached hydrogen (secondary N) is 1. The number of amides is 1. The largest absolute Gasteiger partial charge is 0.756 e. The van der Waals surface area contributed by atoms with Crippen LogP contribution in [0.3, 0.4) is 0 Å². The Kier molecular flexibility index (Phi) is 31.2. The minimum absolute atomic E-state index is 0.00613. The van der Waals surface area contributed by atoms with Crippen molar-refractivity contribution in [2.75, 3.05) is 40.9 Å². The van der Waals surface area contributed by atoms with Crippen molar-refractivity contribution in [2.45, 2.75) is 180 Å². The van der Waals surface area contributed by atoms with Crippen LogP contribution in [0.4, 0.5) is 0 Å². The lowest BCUT2D eigenvalue weighted by Crippen LogP contribution is -2.46. The monoisotopic (exact) mass is 701 g/mol. The highest BCUT2D eigenvalue weighted by atomic mass is 31.2. The van der Waals surface area contributed by atoms with Gasteiger partial charge in [0.1, 0.15) is 13.2 Å². The Labute approximate surface area is 296 Å². The first-order valence-electron chi connectivity index (χ1n) is 19.7. The molecule has 9 heteroatoms. The van der Waals surface area contributed by atoms with Crippen LogP contribution in [0.1, 0.15) is 168 Å². The van der Waals surface area contributed by atoms with Crippen molar-refractivity contribution in [1.82, 2.24) is 5.32 Å². The van der Waals surface area contributed by atoms with Gasteiger partial charge in [0, 0.05) is 6.42 Å². The molecule has 0 saturated heterocycles. The number of hydrogen-bond acceptors (Lipinski definition) is 6. The molecule has 1 unspecified atom stereocenters. The second-order valence-corrected chi connectivity index (χ2v) is 16.0. The van der Waals surface area contributed by atoms with Crippen molar-refractivity contribution in [1.29, 1.82) is 0 Å². The number of aliphatic hydroxyl groups is 1. The number of likely N-dealkylation sites (N-methyl/N-ethyl adjacent to an activating group) is 1. The molecule has 8 nitrogen and oxygen atoms in total. The van der Waals surface area contributed by atoms with Gasteiger partial charge in [-0.1, -0.05) is 122 Å². The van der Waals surface area contributed by atoms with E-state index in [2.05, 4.69) is 43.5 Å². The van der Waals surface area contributed by atoms with E-state index in [-0.39, 0.29) is 19.1 Å². The molecule has 0 fully saturated rings. The molecular formula is C39H77N2O6P. The molecule has 0 bridgehead atoms. The summed E-state index contributed by atoms with van der Waals surface area (Å²) < 4.78 is 23.1. The Morgan fingerprint density at radius 3 is 1.67 bits per heavy atom. The standard InChI is InChI=1S/C39H77N2O6P/c1-6-8-10-12-14-16-17-18-19-20-21-22-23-25-27-29-31-33-39(43)40-37(36-47-48(44,45)46-35-34-41(3,4)5)38(42)32-30-28-26-24-15-13-11-9-7-2/h15,18-19,24,37-38,42H,6-14,16-17,20-23,25-36H2,1-5H3,(H-,40,43,44,45)/b19-18+,24-15+/t37-,38+/m0/s1. The van der Waals surface area contributed by atoms with Gasteiger partial charge < -0.3 is 28.8 Å². The minimum atomic E-state index is -4.56. The Hall–Kier alpha value is -1.02. The summed E-state index contributed by atoms with van der Waals surface area (Å²) in [6.07, 6.45) is 34.7. The van der Waals surface area contributed by atoms with E-state index in [1.165, 1.54) is 96.3 Å². The molecule has 0 heterocycles. The molecule has 2 N–H and O–H groups in total.